The maximum atomic E-state index is 9.88. The zero-order valence-corrected chi connectivity index (χ0v) is 13.4. The highest BCUT2D eigenvalue weighted by molar-refractivity contribution is 6.74. The topological polar surface area (TPSA) is 49.7 Å². The predicted octanol–water partition coefficient (Wildman–Crippen LogP) is 2.70. The van der Waals surface area contributed by atoms with Gasteiger partial charge in [-0.1, -0.05) is 27.4 Å². The van der Waals surface area contributed by atoms with E-state index in [4.69, 9.17) is 4.43 Å². The van der Waals surface area contributed by atoms with Crippen molar-refractivity contribution in [2.45, 2.75) is 64.0 Å². The summed E-state index contributed by atoms with van der Waals surface area (Å²) in [6.07, 6.45) is 0.725. The van der Waals surface area contributed by atoms with Crippen molar-refractivity contribution >= 4 is 8.32 Å². The van der Waals surface area contributed by atoms with Crippen molar-refractivity contribution in [1.82, 2.24) is 0 Å². The van der Waals surface area contributed by atoms with Gasteiger partial charge in [0.2, 0.25) is 0 Å². The molecule has 0 spiro atoms. The summed E-state index contributed by atoms with van der Waals surface area (Å²) in [5.74, 6) is -0.0245. The number of aliphatic hydroxyl groups excluding tert-OH is 2. The van der Waals surface area contributed by atoms with E-state index in [1.165, 1.54) is 0 Å². The lowest BCUT2D eigenvalue weighted by molar-refractivity contribution is 0.0430. The lowest BCUT2D eigenvalue weighted by atomic mass is 9.82. The van der Waals surface area contributed by atoms with Crippen molar-refractivity contribution in [2.24, 2.45) is 5.92 Å². The van der Waals surface area contributed by atoms with E-state index in [-0.39, 0.29) is 29.8 Å². The van der Waals surface area contributed by atoms with Gasteiger partial charge in [-0.2, -0.15) is 0 Å². The molecule has 2 N–H and O–H groups in total. The van der Waals surface area contributed by atoms with Gasteiger partial charge in [-0.05, 0) is 30.1 Å². The summed E-state index contributed by atoms with van der Waals surface area (Å²) in [6, 6.07) is 0. The molecule has 0 heterocycles. The third kappa shape index (κ3) is 3.44. The molecule has 18 heavy (non-hydrogen) atoms. The van der Waals surface area contributed by atoms with Gasteiger partial charge >= 0.3 is 0 Å². The van der Waals surface area contributed by atoms with Crippen LogP contribution in [0.2, 0.25) is 18.1 Å². The monoisotopic (exact) mass is 272 g/mol. The van der Waals surface area contributed by atoms with Gasteiger partial charge in [0, 0.05) is 18.9 Å². The summed E-state index contributed by atoms with van der Waals surface area (Å²) in [6.45, 7) is 15.1. The van der Waals surface area contributed by atoms with Crippen molar-refractivity contribution in [2.75, 3.05) is 6.61 Å². The molecule has 0 bridgehead atoms. The summed E-state index contributed by atoms with van der Waals surface area (Å²) in [7, 11) is -1.86. The highest BCUT2D eigenvalue weighted by Crippen LogP contribution is 2.40. The van der Waals surface area contributed by atoms with Crippen LogP contribution in [-0.2, 0) is 4.43 Å². The van der Waals surface area contributed by atoms with Crippen molar-refractivity contribution in [3.05, 3.63) is 12.2 Å². The van der Waals surface area contributed by atoms with Crippen LogP contribution >= 0.6 is 0 Å². The Morgan fingerprint density at radius 2 is 1.89 bits per heavy atom. The van der Waals surface area contributed by atoms with E-state index in [2.05, 4.69) is 40.4 Å². The Morgan fingerprint density at radius 1 is 1.33 bits per heavy atom. The first-order valence-electron chi connectivity index (χ1n) is 6.74. The molecule has 0 aromatic carbocycles. The molecule has 1 aliphatic rings. The van der Waals surface area contributed by atoms with Crippen molar-refractivity contribution < 1.29 is 14.6 Å². The molecular formula is C14H28O3Si. The molecule has 0 unspecified atom stereocenters. The number of rotatable bonds is 3. The maximum Gasteiger partial charge on any atom is 0.192 e. The average Bonchev–Trinajstić information content (AvgIpc) is 2.20. The molecule has 0 aliphatic heterocycles. The third-order valence-electron chi connectivity index (χ3n) is 4.44. The minimum atomic E-state index is -1.86. The summed E-state index contributed by atoms with van der Waals surface area (Å²) < 4.78 is 6.33. The number of hydrogen-bond donors (Lipinski definition) is 2. The van der Waals surface area contributed by atoms with E-state index in [0.717, 1.165) is 5.57 Å². The summed E-state index contributed by atoms with van der Waals surface area (Å²) in [4.78, 5) is 0. The second-order valence-electron chi connectivity index (χ2n) is 6.95. The van der Waals surface area contributed by atoms with Gasteiger partial charge in [0.25, 0.3) is 0 Å². The highest BCUT2D eigenvalue weighted by Gasteiger charge is 2.42. The van der Waals surface area contributed by atoms with Crippen LogP contribution in [0.25, 0.3) is 0 Å². The molecule has 0 radical (unpaired) electrons. The molecule has 1 rings (SSSR count). The SMILES string of the molecule is C=C1[C@H](CO)C[C@H](O)C[C@@H]1O[Si](C)(C)C(C)(C)C. The molecule has 1 saturated carbocycles. The van der Waals surface area contributed by atoms with Crippen LogP contribution in [0.15, 0.2) is 12.2 Å². The number of aliphatic hydroxyl groups is 2. The molecule has 1 aliphatic carbocycles. The Morgan fingerprint density at radius 3 is 2.33 bits per heavy atom. The first-order chi connectivity index (χ1) is 8.08. The lowest BCUT2D eigenvalue weighted by Gasteiger charge is -2.43. The molecule has 3 nitrogen and oxygen atoms in total. The number of hydrogen-bond acceptors (Lipinski definition) is 3. The molecule has 0 aromatic heterocycles. The van der Waals surface area contributed by atoms with E-state index < -0.39 is 8.32 Å². The van der Waals surface area contributed by atoms with Gasteiger partial charge in [-0.3, -0.25) is 0 Å². The van der Waals surface area contributed by atoms with Gasteiger partial charge < -0.3 is 14.6 Å². The molecular weight excluding hydrogens is 244 g/mol. The zero-order chi connectivity index (χ0) is 14.1. The smallest absolute Gasteiger partial charge is 0.192 e. The van der Waals surface area contributed by atoms with Crippen molar-refractivity contribution in [3.8, 4) is 0 Å². The standard InChI is InChI=1S/C14H28O3Si/c1-10-11(9-15)7-12(16)8-13(10)17-18(5,6)14(2,3)4/h11-13,15-16H,1,7-9H2,2-6H3/t11-,12-,13-/m0/s1. The molecule has 0 amide bonds. The minimum absolute atomic E-state index is 0.0245. The lowest BCUT2D eigenvalue weighted by Crippen LogP contribution is -2.47. The summed E-state index contributed by atoms with van der Waals surface area (Å²) in [5, 5.41) is 19.4. The van der Waals surface area contributed by atoms with Gasteiger partial charge in [0.1, 0.15) is 0 Å². The second kappa shape index (κ2) is 5.45. The first kappa shape index (κ1) is 15.9. The zero-order valence-electron chi connectivity index (χ0n) is 12.4. The van der Waals surface area contributed by atoms with E-state index >= 15 is 0 Å². The third-order valence-corrected chi connectivity index (χ3v) is 8.93. The van der Waals surface area contributed by atoms with E-state index in [1.807, 2.05) is 0 Å². The van der Waals surface area contributed by atoms with E-state index in [9.17, 15) is 10.2 Å². The normalized spacial score (nSPS) is 30.6. The van der Waals surface area contributed by atoms with Crippen LogP contribution in [0.5, 0.6) is 0 Å². The fraction of sp³-hybridized carbons (Fsp3) is 0.857. The van der Waals surface area contributed by atoms with Crippen LogP contribution in [0.1, 0.15) is 33.6 Å². The predicted molar refractivity (Wildman–Crippen MR) is 77.0 cm³/mol. The molecule has 0 saturated heterocycles. The minimum Gasteiger partial charge on any atom is -0.410 e. The maximum absolute atomic E-state index is 9.88. The second-order valence-corrected chi connectivity index (χ2v) is 11.7. The van der Waals surface area contributed by atoms with Crippen LogP contribution in [0.4, 0.5) is 0 Å². The van der Waals surface area contributed by atoms with E-state index in [0.29, 0.717) is 12.8 Å². The highest BCUT2D eigenvalue weighted by atomic mass is 28.4. The van der Waals surface area contributed by atoms with Gasteiger partial charge in [-0.15, -0.1) is 0 Å². The summed E-state index contributed by atoms with van der Waals surface area (Å²) >= 11 is 0. The molecule has 3 atom stereocenters. The van der Waals surface area contributed by atoms with Crippen LogP contribution < -0.4 is 0 Å². The average molecular weight is 272 g/mol. The Labute approximate surface area is 112 Å². The molecule has 1 fully saturated rings. The quantitative estimate of drug-likeness (QED) is 0.613. The van der Waals surface area contributed by atoms with Crippen LogP contribution in [0, 0.1) is 5.92 Å². The Bertz CT molecular complexity index is 307. The molecule has 106 valence electrons. The van der Waals surface area contributed by atoms with E-state index in [1.54, 1.807) is 0 Å². The van der Waals surface area contributed by atoms with Crippen molar-refractivity contribution in [3.63, 3.8) is 0 Å². The van der Waals surface area contributed by atoms with Crippen LogP contribution in [0.3, 0.4) is 0 Å². The van der Waals surface area contributed by atoms with Crippen LogP contribution in [-0.4, -0.2) is 37.3 Å². The van der Waals surface area contributed by atoms with Crippen molar-refractivity contribution in [1.29, 1.82) is 0 Å². The Kier molecular flexibility index (Phi) is 4.81. The molecule has 0 aromatic rings. The van der Waals surface area contributed by atoms with Gasteiger partial charge in [0.05, 0.1) is 12.2 Å². The van der Waals surface area contributed by atoms with Gasteiger partial charge in [-0.25, -0.2) is 0 Å². The summed E-state index contributed by atoms with van der Waals surface area (Å²) in [5.41, 5.74) is 0.952. The molecule has 4 heteroatoms. The first-order valence-corrected chi connectivity index (χ1v) is 9.64. The fourth-order valence-corrected chi connectivity index (χ4v) is 3.40. The largest absolute Gasteiger partial charge is 0.410 e. The van der Waals surface area contributed by atoms with Gasteiger partial charge in [0.15, 0.2) is 8.32 Å². The fourth-order valence-electron chi connectivity index (χ4n) is 2.09. The Balaban J connectivity index is 2.80. The Hall–Kier alpha value is -0.163.